The molecule has 1 saturated heterocycles. The maximum atomic E-state index is 13.8. The maximum absolute atomic E-state index is 13.8. The minimum Gasteiger partial charge on any atom is -0.505 e. The molecular formula is C29H28BrClF3N7O4. The molecular weight excluding hydrogens is 683 g/mol. The van der Waals surface area contributed by atoms with Crippen molar-refractivity contribution in [1.82, 2.24) is 29.0 Å². The topological polar surface area (TPSA) is 135 Å². The van der Waals surface area contributed by atoms with Gasteiger partial charge in [-0.3, -0.25) is 14.4 Å². The number of aromatic nitrogens is 5. The molecule has 0 radical (unpaired) electrons. The molecule has 1 spiro atoms. The first-order valence-corrected chi connectivity index (χ1v) is 15.3. The van der Waals surface area contributed by atoms with Gasteiger partial charge in [-0.15, -0.1) is 5.10 Å². The summed E-state index contributed by atoms with van der Waals surface area (Å²) in [6, 6.07) is 5.56. The number of rotatable bonds is 4. The number of anilines is 1. The molecule has 11 nitrogen and oxygen atoms in total. The summed E-state index contributed by atoms with van der Waals surface area (Å²) in [4.78, 5) is 49.9. The summed E-state index contributed by atoms with van der Waals surface area (Å²) < 4.78 is 42.0. The highest BCUT2D eigenvalue weighted by atomic mass is 79.9. The van der Waals surface area contributed by atoms with Crippen LogP contribution in [0.2, 0.25) is 5.02 Å². The summed E-state index contributed by atoms with van der Waals surface area (Å²) in [7, 11) is 0. The molecule has 16 heteroatoms. The fraction of sp³-hybridized carbons (Fsp3) is 0.379. The van der Waals surface area contributed by atoms with Crippen molar-refractivity contribution in [3.05, 3.63) is 79.2 Å². The third-order valence-corrected chi connectivity index (χ3v) is 8.71. The molecule has 4 aromatic rings. The molecule has 1 fully saturated rings. The largest absolute Gasteiger partial charge is 0.505 e. The number of halogens is 5. The standard InChI is InChI=1S/C27H22BrClF3N7O4.C2H6/c28-24-35-25-38(13-19(41)34-16-4-3-14(12-15(16)29)27(30,31)32)17-5-6-26(20(17)22(42)39(25)36-24)7-10-37(11-8-26)23(43)21-18(40)2-1-9-33-21;1-2/h1-4,9,12,40H,5-8,10-11,13H2,(H,34,41);1-2H3. The van der Waals surface area contributed by atoms with E-state index in [1.54, 1.807) is 9.47 Å². The lowest BCUT2D eigenvalue weighted by atomic mass is 9.74. The second-order valence-corrected chi connectivity index (χ2v) is 11.6. The van der Waals surface area contributed by atoms with Gasteiger partial charge in [-0.2, -0.15) is 22.7 Å². The van der Waals surface area contributed by atoms with E-state index in [4.69, 9.17) is 11.6 Å². The first-order valence-electron chi connectivity index (χ1n) is 14.2. The molecule has 0 bridgehead atoms. The number of hydrogen-bond acceptors (Lipinski definition) is 7. The number of fused-ring (bicyclic) bond motifs is 3. The van der Waals surface area contributed by atoms with Crippen molar-refractivity contribution in [3.8, 4) is 5.75 Å². The Labute approximate surface area is 268 Å². The minimum absolute atomic E-state index is 0.00322. The Kier molecular flexibility index (Phi) is 8.95. The van der Waals surface area contributed by atoms with Gasteiger partial charge in [0.1, 0.15) is 12.3 Å². The fourth-order valence-corrected chi connectivity index (χ4v) is 6.54. The molecule has 238 valence electrons. The van der Waals surface area contributed by atoms with Crippen LogP contribution < -0.4 is 10.9 Å². The lowest BCUT2D eigenvalue weighted by Crippen LogP contribution is -2.46. The van der Waals surface area contributed by atoms with Crippen LogP contribution in [0.1, 0.15) is 60.4 Å². The van der Waals surface area contributed by atoms with Crippen LogP contribution in [0.5, 0.6) is 5.75 Å². The Morgan fingerprint density at radius 1 is 1.16 bits per heavy atom. The number of likely N-dealkylation sites (tertiary alicyclic amines) is 1. The molecule has 2 aliphatic rings. The number of carbonyl (C=O) groups is 2. The highest BCUT2D eigenvalue weighted by molar-refractivity contribution is 9.10. The maximum Gasteiger partial charge on any atom is 0.416 e. The van der Waals surface area contributed by atoms with Crippen LogP contribution in [0.3, 0.4) is 0 Å². The second-order valence-electron chi connectivity index (χ2n) is 10.5. The van der Waals surface area contributed by atoms with E-state index >= 15 is 0 Å². The van der Waals surface area contributed by atoms with Crippen molar-refractivity contribution < 1.29 is 27.9 Å². The number of piperidine rings is 1. The van der Waals surface area contributed by atoms with Crippen molar-refractivity contribution in [2.45, 2.75) is 57.7 Å². The quantitative estimate of drug-likeness (QED) is 0.297. The molecule has 4 heterocycles. The van der Waals surface area contributed by atoms with Crippen LogP contribution in [0, 0.1) is 0 Å². The molecule has 3 aromatic heterocycles. The summed E-state index contributed by atoms with van der Waals surface area (Å²) in [6.07, 6.45) is -1.19. The summed E-state index contributed by atoms with van der Waals surface area (Å²) in [6.45, 7) is 4.33. The number of benzene rings is 1. The average molecular weight is 711 g/mol. The molecule has 0 saturated carbocycles. The van der Waals surface area contributed by atoms with Gasteiger partial charge >= 0.3 is 6.18 Å². The van der Waals surface area contributed by atoms with Gasteiger partial charge in [-0.1, -0.05) is 25.4 Å². The number of hydrogen-bond donors (Lipinski definition) is 2. The van der Waals surface area contributed by atoms with Gasteiger partial charge in [0.2, 0.25) is 16.4 Å². The van der Waals surface area contributed by atoms with Crippen LogP contribution in [0.4, 0.5) is 18.9 Å². The smallest absolute Gasteiger partial charge is 0.416 e. The number of pyridine rings is 1. The average Bonchev–Trinajstić information content (AvgIpc) is 3.58. The fourth-order valence-electron chi connectivity index (χ4n) is 5.99. The SMILES string of the molecule is CC.O=C(Cn1c2c(c(=O)n3nc(Br)nc13)C1(CC2)CCN(C(=O)c2ncccc2O)CC1)Nc1ccc(C(F)(F)F)cc1Cl. The third-order valence-electron chi connectivity index (χ3n) is 8.07. The van der Waals surface area contributed by atoms with E-state index in [0.717, 1.165) is 22.7 Å². The molecule has 2 amide bonds. The number of aromatic hydroxyl groups is 1. The van der Waals surface area contributed by atoms with E-state index in [1.807, 2.05) is 13.8 Å². The number of amides is 2. The monoisotopic (exact) mass is 709 g/mol. The van der Waals surface area contributed by atoms with Crippen LogP contribution in [-0.4, -0.2) is 59.1 Å². The van der Waals surface area contributed by atoms with Gasteiger partial charge in [0.15, 0.2) is 5.69 Å². The number of nitrogens with zero attached hydrogens (tertiary/aromatic N) is 6. The minimum atomic E-state index is -4.59. The molecule has 0 unspecified atom stereocenters. The Hall–Kier alpha value is -3.98. The second kappa shape index (κ2) is 12.4. The summed E-state index contributed by atoms with van der Waals surface area (Å²) in [5.74, 6) is -1.08. The van der Waals surface area contributed by atoms with E-state index in [1.165, 1.54) is 18.3 Å². The van der Waals surface area contributed by atoms with E-state index in [2.05, 4.69) is 36.3 Å². The zero-order chi connectivity index (χ0) is 32.7. The molecule has 45 heavy (non-hydrogen) atoms. The molecule has 1 aliphatic heterocycles. The number of alkyl halides is 3. The van der Waals surface area contributed by atoms with E-state index < -0.39 is 29.0 Å². The molecule has 0 atom stereocenters. The van der Waals surface area contributed by atoms with Gasteiger partial charge in [-0.25, -0.2) is 4.98 Å². The van der Waals surface area contributed by atoms with Gasteiger partial charge in [0, 0.05) is 36.0 Å². The predicted octanol–water partition coefficient (Wildman–Crippen LogP) is 5.21. The summed E-state index contributed by atoms with van der Waals surface area (Å²) in [5, 5.41) is 16.5. The van der Waals surface area contributed by atoms with Crippen molar-refractivity contribution in [3.63, 3.8) is 0 Å². The Bertz CT molecular complexity index is 1850. The van der Waals surface area contributed by atoms with Crippen molar-refractivity contribution in [1.29, 1.82) is 0 Å². The Balaban J connectivity index is 0.00000196. The highest BCUT2D eigenvalue weighted by Gasteiger charge is 2.46. The summed E-state index contributed by atoms with van der Waals surface area (Å²) in [5.41, 5.74) is -0.844. The zero-order valence-corrected chi connectivity index (χ0v) is 26.5. The number of nitrogens with one attached hydrogen (secondary N) is 1. The Morgan fingerprint density at radius 3 is 2.51 bits per heavy atom. The molecule has 1 aliphatic carbocycles. The molecule has 6 rings (SSSR count). The third kappa shape index (κ3) is 6.02. The van der Waals surface area contributed by atoms with Crippen LogP contribution in [0.15, 0.2) is 46.1 Å². The lowest BCUT2D eigenvalue weighted by Gasteiger charge is -2.39. The predicted molar refractivity (Wildman–Crippen MR) is 162 cm³/mol. The van der Waals surface area contributed by atoms with Gasteiger partial charge < -0.3 is 19.9 Å². The van der Waals surface area contributed by atoms with Gasteiger partial charge in [0.05, 0.1) is 16.3 Å². The normalized spacial score (nSPS) is 15.5. The highest BCUT2D eigenvalue weighted by Crippen LogP contribution is 2.45. The van der Waals surface area contributed by atoms with Gasteiger partial charge in [-0.05, 0) is 71.9 Å². The first-order chi connectivity index (χ1) is 21.4. The van der Waals surface area contributed by atoms with Crippen LogP contribution >= 0.6 is 27.5 Å². The Morgan fingerprint density at radius 2 is 1.87 bits per heavy atom. The lowest BCUT2D eigenvalue weighted by molar-refractivity contribution is -0.137. The summed E-state index contributed by atoms with van der Waals surface area (Å²) >= 11 is 9.23. The van der Waals surface area contributed by atoms with Crippen molar-refractivity contribution >= 4 is 50.8 Å². The zero-order valence-electron chi connectivity index (χ0n) is 24.2. The first kappa shape index (κ1) is 32.4. The van der Waals surface area contributed by atoms with E-state index in [-0.39, 0.29) is 44.8 Å². The van der Waals surface area contributed by atoms with Crippen LogP contribution in [0.25, 0.3) is 5.78 Å². The molecule has 2 N–H and O–H groups in total. The number of carbonyl (C=O) groups excluding carboxylic acids is 2. The van der Waals surface area contributed by atoms with Crippen molar-refractivity contribution in [2.24, 2.45) is 0 Å². The van der Waals surface area contributed by atoms with Crippen LogP contribution in [-0.2, 0) is 29.4 Å². The van der Waals surface area contributed by atoms with Crippen molar-refractivity contribution in [2.75, 3.05) is 18.4 Å². The molecule has 1 aromatic carbocycles. The van der Waals surface area contributed by atoms with E-state index in [9.17, 15) is 32.7 Å². The van der Waals surface area contributed by atoms with E-state index in [0.29, 0.717) is 50.0 Å². The van der Waals surface area contributed by atoms with Gasteiger partial charge in [0.25, 0.3) is 11.5 Å².